The third kappa shape index (κ3) is 1.03. The maximum absolute atomic E-state index is 2.22. The van der Waals surface area contributed by atoms with Gasteiger partial charge in [0.15, 0.2) is 0 Å². The van der Waals surface area contributed by atoms with Gasteiger partial charge in [-0.1, -0.05) is 30.0 Å². The van der Waals surface area contributed by atoms with Crippen LogP contribution in [0, 0.1) is 0 Å². The summed E-state index contributed by atoms with van der Waals surface area (Å²) in [6.45, 7) is 2.07. The molecule has 0 N–H and O–H groups in total. The summed E-state index contributed by atoms with van der Waals surface area (Å²) in [5, 5.41) is 1.32. The number of anilines is 1. The molecule has 0 amide bonds. The average Bonchev–Trinajstić information content (AvgIpc) is 2.44. The molecule has 0 saturated heterocycles. The number of rotatable bonds is 0. The van der Waals surface area contributed by atoms with Crippen LogP contribution in [-0.2, 0) is 0 Å². The Morgan fingerprint density at radius 3 is 2.75 bits per heavy atom. The van der Waals surface area contributed by atoms with Crippen molar-refractivity contribution in [1.82, 2.24) is 0 Å². The summed E-state index contributed by atoms with van der Waals surface area (Å²) in [7, 11) is 2.11. The number of para-hydroxylation sites is 1. The summed E-state index contributed by atoms with van der Waals surface area (Å²) in [6.07, 6.45) is 2.14. The van der Waals surface area contributed by atoms with Crippen molar-refractivity contribution in [3.8, 4) is 0 Å². The molecule has 1 heterocycles. The van der Waals surface area contributed by atoms with Crippen LogP contribution in [0.3, 0.4) is 0 Å². The number of fused-ring (bicyclic) bond motifs is 1. The molecular weight excluding hydrogens is 166 g/mol. The molecule has 0 bridgehead atoms. The number of allylic oxidation sites excluding steroid dienone is 1. The molecule has 1 aromatic rings. The van der Waals surface area contributed by atoms with E-state index in [9.17, 15) is 0 Å². The van der Waals surface area contributed by atoms with Gasteiger partial charge in [0.25, 0.3) is 0 Å². The third-order valence-electron chi connectivity index (χ3n) is 2.02. The Bertz CT molecular complexity index is 330. The van der Waals surface area contributed by atoms with Gasteiger partial charge in [0.05, 0.1) is 10.7 Å². The molecule has 1 nitrogen and oxygen atoms in total. The van der Waals surface area contributed by atoms with E-state index in [1.165, 1.54) is 15.6 Å². The van der Waals surface area contributed by atoms with Gasteiger partial charge in [-0.05, 0) is 19.1 Å². The third-order valence-corrected chi connectivity index (χ3v) is 3.30. The zero-order valence-electron chi connectivity index (χ0n) is 7.24. The lowest BCUT2D eigenvalue weighted by molar-refractivity contribution is 1.17. The van der Waals surface area contributed by atoms with Gasteiger partial charge in [0.1, 0.15) is 0 Å². The van der Waals surface area contributed by atoms with E-state index in [0.29, 0.717) is 0 Å². The highest BCUT2D eigenvalue weighted by molar-refractivity contribution is 8.03. The van der Waals surface area contributed by atoms with Crippen molar-refractivity contribution < 1.29 is 0 Å². The van der Waals surface area contributed by atoms with Gasteiger partial charge in [-0.15, -0.1) is 0 Å². The predicted octanol–water partition coefficient (Wildman–Crippen LogP) is 3.09. The molecule has 0 fully saturated rings. The van der Waals surface area contributed by atoms with Crippen LogP contribution in [0.5, 0.6) is 0 Å². The maximum atomic E-state index is 2.22. The highest BCUT2D eigenvalue weighted by atomic mass is 32.2. The fourth-order valence-corrected chi connectivity index (χ4v) is 2.41. The van der Waals surface area contributed by atoms with Crippen LogP contribution in [-0.4, -0.2) is 7.05 Å². The molecule has 0 atom stereocenters. The quantitative estimate of drug-likeness (QED) is 0.599. The van der Waals surface area contributed by atoms with E-state index in [-0.39, 0.29) is 0 Å². The van der Waals surface area contributed by atoms with Crippen LogP contribution < -0.4 is 4.90 Å². The predicted molar refractivity (Wildman–Crippen MR) is 54.5 cm³/mol. The molecule has 0 aliphatic carbocycles. The zero-order chi connectivity index (χ0) is 8.55. The maximum Gasteiger partial charge on any atom is 0.0755 e. The van der Waals surface area contributed by atoms with E-state index >= 15 is 0 Å². The molecular formula is C10H11NS. The lowest BCUT2D eigenvalue weighted by atomic mass is 10.3. The number of benzene rings is 1. The Balaban J connectivity index is 2.49. The highest BCUT2D eigenvalue weighted by Crippen LogP contribution is 2.44. The van der Waals surface area contributed by atoms with E-state index < -0.39 is 0 Å². The van der Waals surface area contributed by atoms with Crippen molar-refractivity contribution in [3.63, 3.8) is 0 Å². The van der Waals surface area contributed by atoms with Gasteiger partial charge >= 0.3 is 0 Å². The molecule has 0 aromatic heterocycles. The van der Waals surface area contributed by atoms with Crippen LogP contribution in [0.25, 0.3) is 0 Å². The summed E-state index contributed by atoms with van der Waals surface area (Å²) < 4.78 is 0. The zero-order valence-corrected chi connectivity index (χ0v) is 8.06. The Morgan fingerprint density at radius 1 is 1.33 bits per heavy atom. The largest absolute Gasteiger partial charge is 0.338 e. The summed E-state index contributed by atoms with van der Waals surface area (Å²) in [5.74, 6) is 0. The highest BCUT2D eigenvalue weighted by Gasteiger charge is 2.19. The average molecular weight is 177 g/mol. The number of nitrogens with zero attached hydrogens (tertiary/aromatic N) is 1. The van der Waals surface area contributed by atoms with E-state index in [1.807, 2.05) is 11.8 Å². The topological polar surface area (TPSA) is 3.24 Å². The second-order valence-corrected chi connectivity index (χ2v) is 3.82. The first-order valence-electron chi connectivity index (χ1n) is 4.00. The van der Waals surface area contributed by atoms with Gasteiger partial charge in [-0.2, -0.15) is 0 Å². The fraction of sp³-hybridized carbons (Fsp3) is 0.200. The molecule has 12 heavy (non-hydrogen) atoms. The lowest BCUT2D eigenvalue weighted by Gasteiger charge is -2.12. The van der Waals surface area contributed by atoms with Crippen molar-refractivity contribution in [1.29, 1.82) is 0 Å². The minimum absolute atomic E-state index is 1.32. The van der Waals surface area contributed by atoms with Crippen LogP contribution in [0.4, 0.5) is 5.69 Å². The van der Waals surface area contributed by atoms with Crippen molar-refractivity contribution in [2.24, 2.45) is 0 Å². The van der Waals surface area contributed by atoms with Crippen molar-refractivity contribution in [2.45, 2.75) is 11.8 Å². The fourth-order valence-electron chi connectivity index (χ4n) is 1.37. The minimum Gasteiger partial charge on any atom is -0.338 e. The van der Waals surface area contributed by atoms with Gasteiger partial charge in [-0.25, -0.2) is 0 Å². The lowest BCUT2D eigenvalue weighted by Crippen LogP contribution is -2.08. The molecule has 0 saturated carbocycles. The second kappa shape index (κ2) is 2.87. The molecule has 2 heteroatoms. The van der Waals surface area contributed by atoms with Crippen LogP contribution in [0.2, 0.25) is 0 Å². The van der Waals surface area contributed by atoms with E-state index in [4.69, 9.17) is 0 Å². The van der Waals surface area contributed by atoms with Crippen LogP contribution >= 0.6 is 11.8 Å². The van der Waals surface area contributed by atoms with E-state index in [2.05, 4.69) is 49.2 Å². The first-order valence-corrected chi connectivity index (χ1v) is 4.81. The Morgan fingerprint density at radius 2 is 2.08 bits per heavy atom. The summed E-state index contributed by atoms with van der Waals surface area (Å²) in [4.78, 5) is 3.58. The monoisotopic (exact) mass is 177 g/mol. The molecule has 0 spiro atoms. The summed E-state index contributed by atoms with van der Waals surface area (Å²) >= 11 is 1.83. The smallest absolute Gasteiger partial charge is 0.0755 e. The molecule has 62 valence electrons. The Labute approximate surface area is 77.1 Å². The van der Waals surface area contributed by atoms with Gasteiger partial charge in [0, 0.05) is 11.9 Å². The van der Waals surface area contributed by atoms with Crippen molar-refractivity contribution in [2.75, 3.05) is 11.9 Å². The Kier molecular flexibility index (Phi) is 1.85. The molecule has 0 radical (unpaired) electrons. The standard InChI is InChI=1S/C10H11NS/c1-3-10-11(2)8-6-4-5-7-9(8)12-10/h3-7H,1-2H3/b10-3-. The SMILES string of the molecule is C/C=C1\Sc2ccccc2N1C. The van der Waals surface area contributed by atoms with E-state index in [0.717, 1.165) is 0 Å². The minimum atomic E-state index is 1.32. The number of thioether (sulfide) groups is 1. The molecule has 1 aromatic carbocycles. The molecule has 2 rings (SSSR count). The number of hydrogen-bond donors (Lipinski definition) is 0. The van der Waals surface area contributed by atoms with E-state index in [1.54, 1.807) is 0 Å². The van der Waals surface area contributed by atoms with Crippen molar-refractivity contribution >= 4 is 17.4 Å². The molecule has 1 aliphatic heterocycles. The Hall–Kier alpha value is -0.890. The van der Waals surface area contributed by atoms with Gasteiger partial charge in [0.2, 0.25) is 0 Å². The normalized spacial score (nSPS) is 18.5. The summed E-state index contributed by atoms with van der Waals surface area (Å²) in [5.41, 5.74) is 1.32. The molecule has 0 unspecified atom stereocenters. The van der Waals surface area contributed by atoms with Crippen LogP contribution in [0.1, 0.15) is 6.92 Å². The first kappa shape index (κ1) is 7.74. The first-order chi connectivity index (χ1) is 5.83. The molecule has 1 aliphatic rings. The van der Waals surface area contributed by atoms with Gasteiger partial charge in [-0.3, -0.25) is 0 Å². The number of hydrogen-bond acceptors (Lipinski definition) is 2. The van der Waals surface area contributed by atoms with Crippen molar-refractivity contribution in [3.05, 3.63) is 35.4 Å². The summed E-state index contributed by atoms with van der Waals surface area (Å²) in [6, 6.07) is 8.47. The van der Waals surface area contributed by atoms with Crippen LogP contribution in [0.15, 0.2) is 40.3 Å². The second-order valence-electron chi connectivity index (χ2n) is 2.76. The van der Waals surface area contributed by atoms with Gasteiger partial charge < -0.3 is 4.90 Å².